The number of carboxylic acid groups (broad SMARTS) is 1. The van der Waals surface area contributed by atoms with E-state index < -0.39 is 29.2 Å². The fourth-order valence-corrected chi connectivity index (χ4v) is 5.31. The van der Waals surface area contributed by atoms with Crippen molar-refractivity contribution in [1.82, 2.24) is 0 Å². The molecule has 6 heteroatoms. The van der Waals surface area contributed by atoms with Crippen LogP contribution in [0.4, 0.5) is 0 Å². The zero-order chi connectivity index (χ0) is 21.2. The lowest BCUT2D eigenvalue weighted by molar-refractivity contribution is -0.241. The second kappa shape index (κ2) is 8.76. The number of ether oxygens (including phenoxy) is 2. The highest BCUT2D eigenvalue weighted by Crippen LogP contribution is 2.45. The maximum absolute atomic E-state index is 12.9. The quantitative estimate of drug-likeness (QED) is 0.571. The maximum atomic E-state index is 12.9. The molecule has 1 aliphatic heterocycles. The van der Waals surface area contributed by atoms with Crippen LogP contribution in [-0.2, 0) is 14.3 Å². The van der Waals surface area contributed by atoms with Gasteiger partial charge in [-0.25, -0.2) is 4.79 Å². The van der Waals surface area contributed by atoms with E-state index in [2.05, 4.69) is 15.9 Å². The van der Waals surface area contributed by atoms with Crippen LogP contribution in [0.5, 0.6) is 0 Å². The van der Waals surface area contributed by atoms with Crippen molar-refractivity contribution in [3.63, 3.8) is 0 Å². The third-order valence-corrected chi connectivity index (χ3v) is 7.09. The molecule has 3 atom stereocenters. The van der Waals surface area contributed by atoms with E-state index in [1.807, 2.05) is 32.9 Å². The normalized spacial score (nSPS) is 28.5. The Bertz CT molecular complexity index is 738. The smallest absolute Gasteiger partial charge is 0.338 e. The van der Waals surface area contributed by atoms with E-state index in [-0.39, 0.29) is 11.9 Å². The van der Waals surface area contributed by atoms with Crippen LogP contribution in [0.2, 0.25) is 0 Å². The number of carboxylic acids is 1. The summed E-state index contributed by atoms with van der Waals surface area (Å²) in [7, 11) is 0. The molecule has 0 amide bonds. The highest BCUT2D eigenvalue weighted by Gasteiger charge is 2.53. The van der Waals surface area contributed by atoms with Gasteiger partial charge in [-0.15, -0.1) is 0 Å². The summed E-state index contributed by atoms with van der Waals surface area (Å²) in [6, 6.07) is 7.15. The first-order valence-corrected chi connectivity index (χ1v) is 11.3. The fourth-order valence-electron chi connectivity index (χ4n) is 5.05. The van der Waals surface area contributed by atoms with E-state index in [4.69, 9.17) is 9.47 Å². The summed E-state index contributed by atoms with van der Waals surface area (Å²) in [5.41, 5.74) is -1.02. The molecule has 1 N–H and O–H groups in total. The van der Waals surface area contributed by atoms with Crippen LogP contribution in [0.15, 0.2) is 28.7 Å². The number of halogens is 1. The number of carbonyl (C=O) groups is 2. The van der Waals surface area contributed by atoms with Gasteiger partial charge in [-0.3, -0.25) is 4.79 Å². The topological polar surface area (TPSA) is 72.8 Å². The Kier molecular flexibility index (Phi) is 6.74. The molecule has 3 rings (SSSR count). The fraction of sp³-hybridized carbons (Fsp3) is 0.652. The van der Waals surface area contributed by atoms with Gasteiger partial charge in [0.15, 0.2) is 0 Å². The Morgan fingerprint density at radius 3 is 2.28 bits per heavy atom. The Balaban J connectivity index is 1.86. The summed E-state index contributed by atoms with van der Waals surface area (Å²) in [5.74, 6) is -1.52. The maximum Gasteiger partial charge on any atom is 0.338 e. The van der Waals surface area contributed by atoms with Crippen LogP contribution in [0, 0.1) is 11.8 Å². The van der Waals surface area contributed by atoms with Crippen LogP contribution >= 0.6 is 15.9 Å². The zero-order valence-electron chi connectivity index (χ0n) is 17.4. The molecule has 160 valence electrons. The van der Waals surface area contributed by atoms with E-state index >= 15 is 0 Å². The van der Waals surface area contributed by atoms with Crippen LogP contribution in [0.25, 0.3) is 0 Å². The summed E-state index contributed by atoms with van der Waals surface area (Å²) in [4.78, 5) is 24.6. The molecule has 2 fully saturated rings. The Morgan fingerprint density at radius 1 is 1.10 bits per heavy atom. The predicted molar refractivity (Wildman–Crippen MR) is 114 cm³/mol. The molecule has 2 aliphatic rings. The monoisotopic (exact) mass is 466 g/mol. The summed E-state index contributed by atoms with van der Waals surface area (Å²) in [5, 5.41) is 9.58. The average Bonchev–Trinajstić information content (AvgIpc) is 2.66. The number of hydrogen-bond acceptors (Lipinski definition) is 4. The number of esters is 1. The predicted octanol–water partition coefficient (Wildman–Crippen LogP) is 5.60. The molecule has 0 radical (unpaired) electrons. The van der Waals surface area contributed by atoms with Crippen LogP contribution < -0.4 is 0 Å². The molecule has 1 heterocycles. The van der Waals surface area contributed by atoms with Gasteiger partial charge in [0.1, 0.15) is 11.7 Å². The SMILES string of the molecule is CC1(C)OC(C)(C(OC(=O)c2ccc(Br)cc2)C2CCCCC2)CCC1C(=O)O. The largest absolute Gasteiger partial charge is 0.481 e. The van der Waals surface area contributed by atoms with E-state index in [0.29, 0.717) is 18.4 Å². The molecule has 5 nitrogen and oxygen atoms in total. The van der Waals surface area contributed by atoms with Crippen molar-refractivity contribution in [2.45, 2.75) is 83.0 Å². The standard InChI is InChI=1S/C23H31BrO5/c1-22(2)18(20(25)26)13-14-23(3,29-22)19(15-7-5-4-6-8-15)28-21(27)16-9-11-17(24)12-10-16/h9-12,15,18-19H,4-8,13-14H2,1-3H3,(H,25,26). The van der Waals surface area contributed by atoms with Crippen LogP contribution in [0.3, 0.4) is 0 Å². The van der Waals surface area contributed by atoms with Crippen molar-refractivity contribution in [2.75, 3.05) is 0 Å². The van der Waals surface area contributed by atoms with E-state index in [0.717, 1.165) is 30.2 Å². The molecule has 3 unspecified atom stereocenters. The molecule has 1 aromatic carbocycles. The van der Waals surface area contributed by atoms with Crippen LogP contribution in [0.1, 0.15) is 76.1 Å². The number of benzene rings is 1. The summed E-state index contributed by atoms with van der Waals surface area (Å²) < 4.78 is 13.5. The molecular weight excluding hydrogens is 436 g/mol. The van der Waals surface area contributed by atoms with Gasteiger partial charge >= 0.3 is 11.9 Å². The van der Waals surface area contributed by atoms with Crippen molar-refractivity contribution in [3.05, 3.63) is 34.3 Å². The lowest BCUT2D eigenvalue weighted by atomic mass is 9.72. The first-order chi connectivity index (χ1) is 13.6. The number of hydrogen-bond donors (Lipinski definition) is 1. The summed E-state index contributed by atoms with van der Waals surface area (Å²) >= 11 is 3.39. The number of rotatable bonds is 5. The number of carbonyl (C=O) groups excluding carboxylic acids is 1. The van der Waals surface area contributed by atoms with Crippen molar-refractivity contribution in [3.8, 4) is 0 Å². The second-order valence-corrected chi connectivity index (χ2v) is 10.1. The van der Waals surface area contributed by atoms with Gasteiger partial charge in [-0.2, -0.15) is 0 Å². The van der Waals surface area contributed by atoms with Crippen LogP contribution in [-0.4, -0.2) is 34.4 Å². The molecule has 1 aromatic rings. The molecule has 0 spiro atoms. The Hall–Kier alpha value is -1.40. The molecule has 0 bridgehead atoms. The van der Waals surface area contributed by atoms with Gasteiger partial charge in [0.05, 0.1) is 17.1 Å². The molecule has 29 heavy (non-hydrogen) atoms. The first-order valence-electron chi connectivity index (χ1n) is 10.5. The molecule has 1 aliphatic carbocycles. The minimum absolute atomic E-state index is 0.227. The third-order valence-electron chi connectivity index (χ3n) is 6.56. The van der Waals surface area contributed by atoms with Gasteiger partial charge in [0.25, 0.3) is 0 Å². The van der Waals surface area contributed by atoms with Gasteiger partial charge < -0.3 is 14.6 Å². The Morgan fingerprint density at radius 2 is 1.72 bits per heavy atom. The second-order valence-electron chi connectivity index (χ2n) is 9.18. The van der Waals surface area contributed by atoms with E-state index in [1.54, 1.807) is 12.1 Å². The Labute approximate surface area is 181 Å². The highest BCUT2D eigenvalue weighted by atomic mass is 79.9. The zero-order valence-corrected chi connectivity index (χ0v) is 19.0. The van der Waals surface area contributed by atoms with Crippen molar-refractivity contribution in [1.29, 1.82) is 0 Å². The number of aliphatic carboxylic acids is 1. The van der Waals surface area contributed by atoms with Crippen molar-refractivity contribution >= 4 is 27.9 Å². The third kappa shape index (κ3) is 5.02. The summed E-state index contributed by atoms with van der Waals surface area (Å²) in [6.07, 6.45) is 6.12. The molecule has 0 aromatic heterocycles. The lowest BCUT2D eigenvalue weighted by Gasteiger charge is -2.51. The van der Waals surface area contributed by atoms with E-state index in [1.165, 1.54) is 6.42 Å². The minimum Gasteiger partial charge on any atom is -0.481 e. The molecular formula is C23H31BrO5. The van der Waals surface area contributed by atoms with Gasteiger partial charge in [0.2, 0.25) is 0 Å². The summed E-state index contributed by atoms with van der Waals surface area (Å²) in [6.45, 7) is 5.65. The lowest BCUT2D eigenvalue weighted by Crippen LogP contribution is -2.59. The van der Waals surface area contributed by atoms with Crippen molar-refractivity contribution in [2.24, 2.45) is 11.8 Å². The average molecular weight is 467 g/mol. The molecule has 1 saturated heterocycles. The van der Waals surface area contributed by atoms with E-state index in [9.17, 15) is 14.7 Å². The van der Waals surface area contributed by atoms with Gasteiger partial charge in [-0.05, 0) is 76.6 Å². The van der Waals surface area contributed by atoms with Gasteiger partial charge in [-0.1, -0.05) is 35.2 Å². The minimum atomic E-state index is -0.835. The van der Waals surface area contributed by atoms with Gasteiger partial charge in [0, 0.05) is 4.47 Å². The van der Waals surface area contributed by atoms with Crippen molar-refractivity contribution < 1.29 is 24.2 Å². The molecule has 1 saturated carbocycles. The highest BCUT2D eigenvalue weighted by molar-refractivity contribution is 9.10. The first kappa shape index (κ1) is 22.3.